The van der Waals surface area contributed by atoms with Crippen LogP contribution in [0.2, 0.25) is 0 Å². The standard InChI is InChI=1S/C18H14N4O/c1-21-18(23)16-15(12-19-21)22(14-10-6-3-7-11-14)20-17(16)13-8-4-2-5-9-13/h2-12H,1H3. The maximum atomic E-state index is 12.6. The van der Waals surface area contributed by atoms with Gasteiger partial charge in [-0.3, -0.25) is 4.79 Å². The Hall–Kier alpha value is -3.21. The fourth-order valence-electron chi connectivity index (χ4n) is 2.68. The van der Waals surface area contributed by atoms with Crippen molar-refractivity contribution in [1.29, 1.82) is 0 Å². The van der Waals surface area contributed by atoms with E-state index in [4.69, 9.17) is 5.10 Å². The maximum absolute atomic E-state index is 12.6. The molecular weight excluding hydrogens is 288 g/mol. The van der Waals surface area contributed by atoms with Crippen LogP contribution in [0, 0.1) is 0 Å². The number of fused-ring (bicyclic) bond motifs is 1. The minimum Gasteiger partial charge on any atom is -0.267 e. The molecule has 0 atom stereocenters. The normalized spacial score (nSPS) is 11.0. The Labute approximate surface area is 132 Å². The smallest absolute Gasteiger partial charge is 0.267 e. The van der Waals surface area contributed by atoms with Gasteiger partial charge in [0, 0.05) is 12.6 Å². The first kappa shape index (κ1) is 13.5. The van der Waals surface area contributed by atoms with Crippen LogP contribution in [0.15, 0.2) is 71.7 Å². The highest BCUT2D eigenvalue weighted by Crippen LogP contribution is 2.26. The van der Waals surface area contributed by atoms with Gasteiger partial charge in [-0.1, -0.05) is 48.5 Å². The van der Waals surface area contributed by atoms with Gasteiger partial charge < -0.3 is 0 Å². The molecule has 0 unspecified atom stereocenters. The lowest BCUT2D eigenvalue weighted by atomic mass is 10.1. The number of hydrogen-bond donors (Lipinski definition) is 0. The van der Waals surface area contributed by atoms with E-state index in [-0.39, 0.29) is 5.56 Å². The quantitative estimate of drug-likeness (QED) is 0.572. The molecule has 4 aromatic rings. The fourth-order valence-corrected chi connectivity index (χ4v) is 2.68. The molecule has 5 heteroatoms. The van der Waals surface area contributed by atoms with E-state index >= 15 is 0 Å². The zero-order valence-electron chi connectivity index (χ0n) is 12.5. The second-order valence-corrected chi connectivity index (χ2v) is 5.30. The molecule has 5 nitrogen and oxygen atoms in total. The zero-order valence-corrected chi connectivity index (χ0v) is 12.5. The van der Waals surface area contributed by atoms with Gasteiger partial charge in [-0.05, 0) is 12.1 Å². The summed E-state index contributed by atoms with van der Waals surface area (Å²) in [5.41, 5.74) is 3.04. The molecule has 0 bridgehead atoms. The van der Waals surface area contributed by atoms with Gasteiger partial charge in [0.15, 0.2) is 0 Å². The van der Waals surface area contributed by atoms with Gasteiger partial charge in [0.2, 0.25) is 0 Å². The van der Waals surface area contributed by atoms with Crippen LogP contribution in [0.5, 0.6) is 0 Å². The fraction of sp³-hybridized carbons (Fsp3) is 0.0556. The summed E-state index contributed by atoms with van der Waals surface area (Å²) in [6.07, 6.45) is 1.68. The van der Waals surface area contributed by atoms with E-state index < -0.39 is 0 Å². The van der Waals surface area contributed by atoms with E-state index in [0.29, 0.717) is 16.6 Å². The molecule has 0 N–H and O–H groups in total. The topological polar surface area (TPSA) is 52.7 Å². The monoisotopic (exact) mass is 302 g/mol. The number of para-hydroxylation sites is 1. The van der Waals surface area contributed by atoms with Crippen LogP contribution in [0.1, 0.15) is 0 Å². The van der Waals surface area contributed by atoms with Crippen molar-refractivity contribution in [2.45, 2.75) is 0 Å². The van der Waals surface area contributed by atoms with Gasteiger partial charge in [0.05, 0.1) is 17.3 Å². The number of nitrogens with zero attached hydrogens (tertiary/aromatic N) is 4. The minimum atomic E-state index is -0.150. The molecule has 0 radical (unpaired) electrons. The summed E-state index contributed by atoms with van der Waals surface area (Å²) in [6.45, 7) is 0. The van der Waals surface area contributed by atoms with E-state index in [9.17, 15) is 4.79 Å². The van der Waals surface area contributed by atoms with Crippen LogP contribution in [-0.2, 0) is 7.05 Å². The number of hydrogen-bond acceptors (Lipinski definition) is 3. The van der Waals surface area contributed by atoms with Gasteiger partial charge in [-0.25, -0.2) is 9.36 Å². The summed E-state index contributed by atoms with van der Waals surface area (Å²) in [7, 11) is 1.65. The Kier molecular flexibility index (Phi) is 3.05. The molecule has 0 saturated carbocycles. The molecule has 0 aliphatic carbocycles. The average molecular weight is 302 g/mol. The first-order chi connectivity index (χ1) is 11.3. The molecule has 0 aliphatic heterocycles. The minimum absolute atomic E-state index is 0.150. The highest BCUT2D eigenvalue weighted by molar-refractivity contribution is 5.93. The second-order valence-electron chi connectivity index (χ2n) is 5.30. The van der Waals surface area contributed by atoms with Crippen molar-refractivity contribution >= 4 is 10.9 Å². The Morgan fingerprint density at radius 1 is 0.913 bits per heavy atom. The lowest BCUT2D eigenvalue weighted by molar-refractivity contribution is 0.716. The summed E-state index contributed by atoms with van der Waals surface area (Å²) in [4.78, 5) is 12.6. The van der Waals surface area contributed by atoms with Crippen molar-refractivity contribution in [3.05, 3.63) is 77.2 Å². The molecule has 0 fully saturated rings. The van der Waals surface area contributed by atoms with E-state index in [1.807, 2.05) is 60.7 Å². The second kappa shape index (κ2) is 5.21. The Balaban J connectivity index is 2.11. The average Bonchev–Trinajstić information content (AvgIpc) is 3.00. The third-order valence-corrected chi connectivity index (χ3v) is 3.83. The third kappa shape index (κ3) is 2.14. The van der Waals surface area contributed by atoms with E-state index in [1.54, 1.807) is 17.9 Å². The summed E-state index contributed by atoms with van der Waals surface area (Å²) < 4.78 is 3.11. The summed E-state index contributed by atoms with van der Waals surface area (Å²) in [6, 6.07) is 19.5. The van der Waals surface area contributed by atoms with Crippen LogP contribution < -0.4 is 5.56 Å². The summed E-state index contributed by atoms with van der Waals surface area (Å²) in [5.74, 6) is 0. The molecule has 0 spiro atoms. The van der Waals surface area contributed by atoms with Crippen LogP contribution in [0.3, 0.4) is 0 Å². The molecule has 2 aromatic carbocycles. The molecule has 0 saturated heterocycles. The van der Waals surface area contributed by atoms with Crippen LogP contribution in [0.4, 0.5) is 0 Å². The van der Waals surface area contributed by atoms with Gasteiger partial charge in [0.25, 0.3) is 5.56 Å². The van der Waals surface area contributed by atoms with Crippen molar-refractivity contribution < 1.29 is 0 Å². The first-order valence-corrected chi connectivity index (χ1v) is 7.31. The molecule has 2 heterocycles. The summed E-state index contributed by atoms with van der Waals surface area (Å²) >= 11 is 0. The van der Waals surface area contributed by atoms with Crippen molar-refractivity contribution in [1.82, 2.24) is 19.6 Å². The van der Waals surface area contributed by atoms with E-state index in [1.165, 1.54) is 4.68 Å². The lowest BCUT2D eigenvalue weighted by Gasteiger charge is -2.02. The third-order valence-electron chi connectivity index (χ3n) is 3.83. The van der Waals surface area contributed by atoms with Gasteiger partial charge in [-0.15, -0.1) is 0 Å². The molecule has 4 rings (SSSR count). The number of rotatable bonds is 2. The van der Waals surface area contributed by atoms with Crippen molar-refractivity contribution in [3.63, 3.8) is 0 Å². The van der Waals surface area contributed by atoms with Gasteiger partial charge in [0.1, 0.15) is 11.2 Å². The molecule has 112 valence electrons. The van der Waals surface area contributed by atoms with Crippen LogP contribution >= 0.6 is 0 Å². The highest BCUT2D eigenvalue weighted by Gasteiger charge is 2.17. The SMILES string of the molecule is Cn1ncc2c(c(-c3ccccc3)nn2-c2ccccc2)c1=O. The summed E-state index contributed by atoms with van der Waals surface area (Å²) in [5, 5.41) is 9.42. The van der Waals surface area contributed by atoms with Crippen molar-refractivity contribution in [2.75, 3.05) is 0 Å². The molecule has 23 heavy (non-hydrogen) atoms. The largest absolute Gasteiger partial charge is 0.278 e. The molecule has 0 aliphatic rings. The van der Waals surface area contributed by atoms with Gasteiger partial charge in [-0.2, -0.15) is 10.2 Å². The molecule has 2 aromatic heterocycles. The highest BCUT2D eigenvalue weighted by atomic mass is 16.1. The van der Waals surface area contributed by atoms with Gasteiger partial charge >= 0.3 is 0 Å². The Morgan fingerprint density at radius 2 is 1.57 bits per heavy atom. The van der Waals surface area contributed by atoms with Crippen LogP contribution in [-0.4, -0.2) is 19.6 Å². The zero-order chi connectivity index (χ0) is 15.8. The van der Waals surface area contributed by atoms with Crippen molar-refractivity contribution in [2.24, 2.45) is 7.05 Å². The Bertz CT molecular complexity index is 1030. The lowest BCUT2D eigenvalue weighted by Crippen LogP contribution is -2.19. The first-order valence-electron chi connectivity index (χ1n) is 7.31. The molecular formula is C18H14N4O. The number of aryl methyl sites for hydroxylation is 1. The number of aromatic nitrogens is 4. The maximum Gasteiger partial charge on any atom is 0.278 e. The van der Waals surface area contributed by atoms with E-state index in [0.717, 1.165) is 11.3 Å². The van der Waals surface area contributed by atoms with Crippen LogP contribution in [0.25, 0.3) is 27.8 Å². The predicted molar refractivity (Wildman–Crippen MR) is 89.5 cm³/mol. The predicted octanol–water partition coefficient (Wildman–Crippen LogP) is 2.79. The molecule has 0 amide bonds. The van der Waals surface area contributed by atoms with Crippen molar-refractivity contribution in [3.8, 4) is 16.9 Å². The number of benzene rings is 2. The van der Waals surface area contributed by atoms with E-state index in [2.05, 4.69) is 5.10 Å². The Morgan fingerprint density at radius 3 is 2.26 bits per heavy atom.